The van der Waals surface area contributed by atoms with E-state index in [0.29, 0.717) is 32.4 Å². The number of ether oxygens (including phenoxy) is 1. The van der Waals surface area contributed by atoms with Crippen LogP contribution in [0.4, 0.5) is 13.2 Å². The predicted molar refractivity (Wildman–Crippen MR) is 87.8 cm³/mol. The number of rotatable bonds is 5. The van der Waals surface area contributed by atoms with Gasteiger partial charge in [-0.05, 0) is 24.1 Å². The smallest absolute Gasteiger partial charge is 0.378 e. The van der Waals surface area contributed by atoms with E-state index in [2.05, 4.69) is 4.72 Å². The molecule has 0 aromatic heterocycles. The molecule has 0 aliphatic carbocycles. The number of nitrogens with zero attached hydrogens (tertiary/aromatic N) is 1. The third kappa shape index (κ3) is 4.95. The van der Waals surface area contributed by atoms with E-state index in [1.54, 1.807) is 13.8 Å². The zero-order valence-electron chi connectivity index (χ0n) is 14.4. The van der Waals surface area contributed by atoms with E-state index in [-0.39, 0.29) is 5.92 Å². The van der Waals surface area contributed by atoms with Gasteiger partial charge >= 0.3 is 6.18 Å². The van der Waals surface area contributed by atoms with Crippen molar-refractivity contribution >= 4 is 15.9 Å². The molecule has 2 rings (SSSR count). The molecule has 1 amide bonds. The number of amides is 1. The summed E-state index contributed by atoms with van der Waals surface area (Å²) >= 11 is 0. The molecule has 10 heteroatoms. The molecule has 1 aromatic rings. The fourth-order valence-electron chi connectivity index (χ4n) is 2.53. The second-order valence-corrected chi connectivity index (χ2v) is 8.02. The Labute approximate surface area is 150 Å². The van der Waals surface area contributed by atoms with Crippen molar-refractivity contribution in [3.63, 3.8) is 0 Å². The number of carbonyl (C=O) groups is 1. The number of halogens is 3. The van der Waals surface area contributed by atoms with Gasteiger partial charge in [-0.2, -0.15) is 17.9 Å². The van der Waals surface area contributed by atoms with Crippen molar-refractivity contribution < 1.29 is 31.1 Å². The van der Waals surface area contributed by atoms with Crippen molar-refractivity contribution in [1.82, 2.24) is 9.62 Å². The maximum Gasteiger partial charge on any atom is 0.416 e. The Hall–Kier alpha value is -1.65. The number of hydrogen-bond acceptors (Lipinski definition) is 4. The fraction of sp³-hybridized carbons (Fsp3) is 0.562. The van der Waals surface area contributed by atoms with Gasteiger partial charge in [0.1, 0.15) is 6.04 Å². The van der Waals surface area contributed by atoms with E-state index in [4.69, 9.17) is 4.74 Å². The first-order valence-corrected chi connectivity index (χ1v) is 9.57. The highest BCUT2D eigenvalue weighted by Crippen LogP contribution is 2.30. The van der Waals surface area contributed by atoms with Gasteiger partial charge in [0, 0.05) is 13.1 Å². The Balaban J connectivity index is 2.25. The van der Waals surface area contributed by atoms with Crippen LogP contribution in [0.3, 0.4) is 0 Å². The van der Waals surface area contributed by atoms with Crippen LogP contribution in [0.25, 0.3) is 0 Å². The van der Waals surface area contributed by atoms with Gasteiger partial charge in [0.2, 0.25) is 15.9 Å². The molecule has 6 nitrogen and oxygen atoms in total. The summed E-state index contributed by atoms with van der Waals surface area (Å²) in [6, 6.07) is 2.35. The molecule has 0 spiro atoms. The molecule has 0 bridgehead atoms. The highest BCUT2D eigenvalue weighted by Gasteiger charge is 2.34. The van der Waals surface area contributed by atoms with E-state index in [0.717, 1.165) is 18.2 Å². The van der Waals surface area contributed by atoms with Crippen LogP contribution in [-0.4, -0.2) is 51.6 Å². The Bertz CT molecular complexity index is 744. The summed E-state index contributed by atoms with van der Waals surface area (Å²) in [5.74, 6) is -0.801. The van der Waals surface area contributed by atoms with Gasteiger partial charge in [-0.1, -0.05) is 19.9 Å². The highest BCUT2D eigenvalue weighted by molar-refractivity contribution is 7.89. The molecule has 146 valence electrons. The van der Waals surface area contributed by atoms with Gasteiger partial charge < -0.3 is 9.64 Å². The van der Waals surface area contributed by atoms with Crippen LogP contribution in [0.5, 0.6) is 0 Å². The minimum atomic E-state index is -4.66. The van der Waals surface area contributed by atoms with Crippen LogP contribution in [0.1, 0.15) is 19.4 Å². The number of carbonyl (C=O) groups excluding carboxylic acids is 1. The summed E-state index contributed by atoms with van der Waals surface area (Å²) in [5, 5.41) is 0. The van der Waals surface area contributed by atoms with E-state index in [1.807, 2.05) is 0 Å². The molecule has 1 heterocycles. The molecule has 1 aromatic carbocycles. The summed E-state index contributed by atoms with van der Waals surface area (Å²) in [6.07, 6.45) is -4.66. The van der Waals surface area contributed by atoms with Crippen LogP contribution in [0.15, 0.2) is 29.2 Å². The minimum absolute atomic E-state index is 0.341. The maximum absolute atomic E-state index is 12.8. The van der Waals surface area contributed by atoms with Crippen molar-refractivity contribution in [3.8, 4) is 0 Å². The van der Waals surface area contributed by atoms with E-state index >= 15 is 0 Å². The van der Waals surface area contributed by atoms with Crippen molar-refractivity contribution in [1.29, 1.82) is 0 Å². The molecular weight excluding hydrogens is 373 g/mol. The van der Waals surface area contributed by atoms with Gasteiger partial charge in [0.25, 0.3) is 0 Å². The Morgan fingerprint density at radius 3 is 2.38 bits per heavy atom. The first-order chi connectivity index (χ1) is 12.0. The van der Waals surface area contributed by atoms with Crippen LogP contribution in [0.2, 0.25) is 0 Å². The predicted octanol–water partition coefficient (Wildman–Crippen LogP) is 1.87. The number of hydrogen-bond donors (Lipinski definition) is 1. The molecule has 0 saturated carbocycles. The second-order valence-electron chi connectivity index (χ2n) is 6.31. The topological polar surface area (TPSA) is 75.7 Å². The molecule has 26 heavy (non-hydrogen) atoms. The Morgan fingerprint density at radius 1 is 1.23 bits per heavy atom. The number of nitrogens with one attached hydrogen (secondary N) is 1. The lowest BCUT2D eigenvalue weighted by molar-refractivity contribution is -0.138. The Morgan fingerprint density at radius 2 is 1.85 bits per heavy atom. The van der Waals surface area contributed by atoms with Gasteiger partial charge in [0.15, 0.2) is 0 Å². The van der Waals surface area contributed by atoms with E-state index in [1.165, 1.54) is 4.90 Å². The van der Waals surface area contributed by atoms with Crippen LogP contribution < -0.4 is 4.72 Å². The lowest BCUT2D eigenvalue weighted by Crippen LogP contribution is -2.53. The molecule has 0 radical (unpaired) electrons. The van der Waals surface area contributed by atoms with Crippen molar-refractivity contribution in [2.24, 2.45) is 5.92 Å². The van der Waals surface area contributed by atoms with E-state index in [9.17, 15) is 26.4 Å². The van der Waals surface area contributed by atoms with Crippen molar-refractivity contribution in [2.75, 3.05) is 26.3 Å². The third-order valence-corrected chi connectivity index (χ3v) is 5.45. The number of benzene rings is 1. The maximum atomic E-state index is 12.8. The van der Waals surface area contributed by atoms with Crippen LogP contribution >= 0.6 is 0 Å². The SMILES string of the molecule is CC(C)[C@H](NS(=O)(=O)c1cccc(C(F)(F)F)c1)C(=O)N1CCOCC1. The van der Waals surface area contributed by atoms with Gasteiger partial charge in [-0.15, -0.1) is 0 Å². The lowest BCUT2D eigenvalue weighted by atomic mass is 10.0. The standard InChI is InChI=1S/C16H21F3N2O4S/c1-11(2)14(15(22)21-6-8-25-9-7-21)20-26(23,24)13-5-3-4-12(10-13)16(17,18)19/h3-5,10-11,14,20H,6-9H2,1-2H3/t14-/m0/s1. The van der Waals surface area contributed by atoms with Crippen molar-refractivity contribution in [3.05, 3.63) is 29.8 Å². The molecule has 0 unspecified atom stereocenters. The largest absolute Gasteiger partial charge is 0.416 e. The number of sulfonamides is 1. The zero-order valence-corrected chi connectivity index (χ0v) is 15.2. The lowest BCUT2D eigenvalue weighted by Gasteiger charge is -2.32. The average Bonchev–Trinajstić information content (AvgIpc) is 2.59. The molecule has 1 saturated heterocycles. The quantitative estimate of drug-likeness (QED) is 0.827. The van der Waals surface area contributed by atoms with Crippen molar-refractivity contribution in [2.45, 2.75) is 31.0 Å². The van der Waals surface area contributed by atoms with Gasteiger partial charge in [-0.3, -0.25) is 4.79 Å². The number of alkyl halides is 3. The molecular formula is C16H21F3N2O4S. The fourth-order valence-corrected chi connectivity index (χ4v) is 3.91. The first-order valence-electron chi connectivity index (χ1n) is 8.08. The third-order valence-electron chi connectivity index (χ3n) is 4.01. The summed E-state index contributed by atoms with van der Waals surface area (Å²) in [5.41, 5.74) is -1.07. The van der Waals surface area contributed by atoms with Gasteiger partial charge in [0.05, 0.1) is 23.7 Å². The Kier molecular flexibility index (Phi) is 6.30. The zero-order chi connectivity index (χ0) is 19.5. The molecule has 1 aliphatic heterocycles. The monoisotopic (exact) mass is 394 g/mol. The van der Waals surface area contributed by atoms with Crippen LogP contribution in [0, 0.1) is 5.92 Å². The van der Waals surface area contributed by atoms with Gasteiger partial charge in [-0.25, -0.2) is 8.42 Å². The molecule has 1 N–H and O–H groups in total. The highest BCUT2D eigenvalue weighted by atomic mass is 32.2. The molecule has 1 fully saturated rings. The summed E-state index contributed by atoms with van der Waals surface area (Å²) in [4.78, 5) is 13.6. The summed E-state index contributed by atoms with van der Waals surface area (Å²) in [6.45, 7) is 4.73. The first kappa shape index (κ1) is 20.7. The average molecular weight is 394 g/mol. The minimum Gasteiger partial charge on any atom is -0.378 e. The summed E-state index contributed by atoms with van der Waals surface area (Å²) < 4.78 is 71.0. The molecule has 1 aliphatic rings. The second kappa shape index (κ2) is 7.93. The number of morpholine rings is 1. The van der Waals surface area contributed by atoms with Crippen LogP contribution in [-0.2, 0) is 25.7 Å². The normalized spacial score (nSPS) is 17.4. The summed E-state index contributed by atoms with van der Waals surface area (Å²) in [7, 11) is -4.30. The molecule has 1 atom stereocenters. The van der Waals surface area contributed by atoms with E-state index < -0.39 is 38.6 Å².